The van der Waals surface area contributed by atoms with Crippen LogP contribution in [0.4, 0.5) is 0 Å². The number of hydrogen-bond donors (Lipinski definition) is 0. The summed E-state index contributed by atoms with van der Waals surface area (Å²) in [5, 5.41) is 0.169. The third kappa shape index (κ3) is 11.2. The van der Waals surface area contributed by atoms with Crippen LogP contribution < -0.4 is 0 Å². The maximum Gasteiger partial charge on any atom is 0.261 e. The minimum Gasteiger partial charge on any atom is -0.519 e. The molecule has 1 aliphatic heterocycles. The van der Waals surface area contributed by atoms with Crippen LogP contribution in [0.15, 0.2) is 24.2 Å². The van der Waals surface area contributed by atoms with Gasteiger partial charge < -0.3 is 37.3 Å². The molecule has 262 valence electrons. The molecule has 3 rings (SSSR count). The molecule has 2 fully saturated rings. The molecule has 10 heteroatoms. The van der Waals surface area contributed by atoms with Crippen molar-refractivity contribution in [1.29, 1.82) is 0 Å². The maximum absolute atomic E-state index is 7.13. The first kappa shape index (κ1) is 38.7. The van der Waals surface area contributed by atoms with Gasteiger partial charge in [0.15, 0.2) is 14.6 Å². The summed E-state index contributed by atoms with van der Waals surface area (Å²) in [7, 11) is -2.49. The monoisotopic (exact) mass is 670 g/mol. The zero-order valence-electron chi connectivity index (χ0n) is 30.6. The Morgan fingerprint density at radius 2 is 1.60 bits per heavy atom. The molecule has 1 saturated carbocycles. The topological polar surface area (TPSA) is 73.8 Å². The van der Waals surface area contributed by atoms with Gasteiger partial charge in [-0.3, -0.25) is 0 Å². The molecule has 0 unspecified atom stereocenters. The van der Waals surface area contributed by atoms with Crippen molar-refractivity contribution in [3.63, 3.8) is 0 Å². The Kier molecular flexibility index (Phi) is 14.3. The molecule has 0 radical (unpaired) electrons. The molecule has 0 aromatic heterocycles. The number of allylic oxidation sites excluding steroid dienone is 1. The van der Waals surface area contributed by atoms with Gasteiger partial charge in [0.05, 0.1) is 38.6 Å². The molecule has 0 N–H and O–H groups in total. The fourth-order valence-electron chi connectivity index (χ4n) is 5.82. The van der Waals surface area contributed by atoms with E-state index in [0.717, 1.165) is 32.1 Å². The SMILES string of the molecule is COCCOCO[C@H]1CC[C@@H]2[C@H]1[C@@H](O/C(=C/[C@@H](C)CCC1OCCO1)O[Si](C)(C)C(C)(C)C)C=CC[C@@H]2O[Si](C)(C)C(C)(C)C. The minimum absolute atomic E-state index is 0.000908. The van der Waals surface area contributed by atoms with Crippen molar-refractivity contribution in [3.8, 4) is 0 Å². The molecule has 2 aliphatic carbocycles. The lowest BCUT2D eigenvalue weighted by Crippen LogP contribution is -2.47. The second-order valence-electron chi connectivity index (χ2n) is 16.3. The summed E-state index contributed by atoms with van der Waals surface area (Å²) in [4.78, 5) is 0. The quantitative estimate of drug-likeness (QED) is 0.0533. The number of fused-ring (bicyclic) bond motifs is 1. The van der Waals surface area contributed by atoms with E-state index in [1.54, 1.807) is 7.11 Å². The molecule has 45 heavy (non-hydrogen) atoms. The van der Waals surface area contributed by atoms with Gasteiger partial charge in [-0.2, -0.15) is 0 Å². The van der Waals surface area contributed by atoms with Gasteiger partial charge in [0, 0.05) is 13.0 Å². The van der Waals surface area contributed by atoms with E-state index in [2.05, 4.69) is 92.9 Å². The smallest absolute Gasteiger partial charge is 0.261 e. The zero-order chi connectivity index (χ0) is 33.5. The molecule has 0 aromatic carbocycles. The van der Waals surface area contributed by atoms with Crippen LogP contribution in [0.2, 0.25) is 36.3 Å². The van der Waals surface area contributed by atoms with Crippen LogP contribution in [0.5, 0.6) is 0 Å². The largest absolute Gasteiger partial charge is 0.519 e. The second kappa shape index (κ2) is 16.6. The fraction of sp³-hybridized carbons (Fsp3) is 0.886. The third-order valence-electron chi connectivity index (χ3n) is 10.7. The Hall–Kier alpha value is -0.726. The maximum atomic E-state index is 7.13. The fourth-order valence-corrected chi connectivity index (χ4v) is 8.13. The summed E-state index contributed by atoms with van der Waals surface area (Å²) in [6.45, 7) is 27.9. The van der Waals surface area contributed by atoms with E-state index in [1.807, 2.05) is 0 Å². The summed E-state index contributed by atoms with van der Waals surface area (Å²) in [5.41, 5.74) is 0. The molecule has 0 aromatic rings. The molecular formula is C35H66O8Si2. The van der Waals surface area contributed by atoms with E-state index >= 15 is 0 Å². The lowest BCUT2D eigenvalue weighted by Gasteiger charge is -2.42. The van der Waals surface area contributed by atoms with Crippen molar-refractivity contribution in [2.45, 2.75) is 141 Å². The van der Waals surface area contributed by atoms with E-state index in [1.165, 1.54) is 0 Å². The Morgan fingerprint density at radius 1 is 0.933 bits per heavy atom. The molecule has 8 nitrogen and oxygen atoms in total. The lowest BCUT2D eigenvalue weighted by molar-refractivity contribution is -0.127. The van der Waals surface area contributed by atoms with Crippen LogP contribution in [0.3, 0.4) is 0 Å². The van der Waals surface area contributed by atoms with Crippen molar-refractivity contribution >= 4 is 16.6 Å². The highest BCUT2D eigenvalue weighted by Crippen LogP contribution is 2.47. The van der Waals surface area contributed by atoms with Gasteiger partial charge in [-0.05, 0) is 92.4 Å². The van der Waals surface area contributed by atoms with Crippen LogP contribution in [0, 0.1) is 17.8 Å². The van der Waals surface area contributed by atoms with Crippen LogP contribution >= 0.6 is 0 Å². The molecule has 0 amide bonds. The Bertz CT molecular complexity index is 948. The molecule has 0 bridgehead atoms. The standard InChI is InChI=1S/C35H66O8Si2/c1-26(16-19-31-38-22-23-39-31)24-32(43-45(11,12)35(5,6)7)41-30-15-13-14-28(42-44(9,10)34(2,3)4)27-17-18-29(33(27)30)40-25-37-21-20-36-8/h13,15,24,26-31,33H,14,16-23,25H2,1-12H3/b32-24-/t26-,27-,28-,29-,30-,33+/m0/s1. The Labute approximate surface area is 277 Å². The Balaban J connectivity index is 1.88. The molecular weight excluding hydrogens is 605 g/mol. The van der Waals surface area contributed by atoms with Crippen molar-refractivity contribution in [2.24, 2.45) is 17.8 Å². The average Bonchev–Trinajstić information content (AvgIpc) is 3.56. The normalized spacial score (nSPS) is 27.8. The molecule has 1 saturated heterocycles. The first-order chi connectivity index (χ1) is 20.9. The zero-order valence-corrected chi connectivity index (χ0v) is 32.6. The van der Waals surface area contributed by atoms with Gasteiger partial charge >= 0.3 is 0 Å². The van der Waals surface area contributed by atoms with Crippen LogP contribution in [0.25, 0.3) is 0 Å². The van der Waals surface area contributed by atoms with E-state index < -0.39 is 16.6 Å². The van der Waals surface area contributed by atoms with Crippen molar-refractivity contribution in [3.05, 3.63) is 24.2 Å². The van der Waals surface area contributed by atoms with Gasteiger partial charge in [-0.25, -0.2) is 0 Å². The first-order valence-corrected chi connectivity index (χ1v) is 23.1. The lowest BCUT2D eigenvalue weighted by atomic mass is 9.86. The first-order valence-electron chi connectivity index (χ1n) is 17.3. The second-order valence-corrected chi connectivity index (χ2v) is 25.8. The number of hydrogen-bond acceptors (Lipinski definition) is 8. The van der Waals surface area contributed by atoms with E-state index in [0.29, 0.717) is 38.3 Å². The van der Waals surface area contributed by atoms with Crippen LogP contribution in [-0.2, 0) is 37.3 Å². The van der Waals surface area contributed by atoms with Crippen molar-refractivity contribution < 1.29 is 37.3 Å². The summed E-state index contributed by atoms with van der Waals surface area (Å²) in [6, 6.07) is 0. The van der Waals surface area contributed by atoms with Crippen molar-refractivity contribution in [2.75, 3.05) is 40.3 Å². The highest BCUT2D eigenvalue weighted by molar-refractivity contribution is 6.74. The predicted molar refractivity (Wildman–Crippen MR) is 185 cm³/mol. The van der Waals surface area contributed by atoms with Gasteiger partial charge in [0.25, 0.3) is 14.3 Å². The van der Waals surface area contributed by atoms with E-state index in [9.17, 15) is 0 Å². The Morgan fingerprint density at radius 3 is 2.22 bits per heavy atom. The van der Waals surface area contributed by atoms with E-state index in [-0.39, 0.29) is 53.3 Å². The molecule has 1 heterocycles. The highest BCUT2D eigenvalue weighted by atomic mass is 28.4. The minimum atomic E-state index is -2.18. The number of methoxy groups -OCH3 is 1. The van der Waals surface area contributed by atoms with Gasteiger partial charge in [-0.15, -0.1) is 0 Å². The van der Waals surface area contributed by atoms with E-state index in [4.69, 9.17) is 37.3 Å². The average molecular weight is 671 g/mol. The number of ether oxygens (including phenoxy) is 6. The van der Waals surface area contributed by atoms with Crippen molar-refractivity contribution in [1.82, 2.24) is 0 Å². The molecule has 3 aliphatic rings. The summed E-state index contributed by atoms with van der Waals surface area (Å²) < 4.78 is 49.8. The summed E-state index contributed by atoms with van der Waals surface area (Å²) >= 11 is 0. The summed E-state index contributed by atoms with van der Waals surface area (Å²) in [6.07, 6.45) is 11.2. The summed E-state index contributed by atoms with van der Waals surface area (Å²) in [5.74, 6) is 1.31. The molecule has 6 atom stereocenters. The van der Waals surface area contributed by atoms with Crippen LogP contribution in [-0.4, -0.2) is 81.6 Å². The van der Waals surface area contributed by atoms with Gasteiger partial charge in [0.1, 0.15) is 12.9 Å². The van der Waals surface area contributed by atoms with Gasteiger partial charge in [-0.1, -0.05) is 54.5 Å². The predicted octanol–water partition coefficient (Wildman–Crippen LogP) is 8.41. The van der Waals surface area contributed by atoms with Gasteiger partial charge in [0.2, 0.25) is 0 Å². The third-order valence-corrected chi connectivity index (χ3v) is 19.5. The van der Waals surface area contributed by atoms with Crippen LogP contribution in [0.1, 0.15) is 80.6 Å². The highest BCUT2D eigenvalue weighted by Gasteiger charge is 2.50. The molecule has 0 spiro atoms. The number of rotatable bonds is 16.